The van der Waals surface area contributed by atoms with Gasteiger partial charge in [-0.1, -0.05) is 25.3 Å². The number of hydrogen-bond donors (Lipinski definition) is 2. The molecule has 0 atom stereocenters. The fourth-order valence-electron chi connectivity index (χ4n) is 3.70. The highest BCUT2D eigenvalue weighted by molar-refractivity contribution is 5.86. The van der Waals surface area contributed by atoms with Crippen LogP contribution in [0.3, 0.4) is 0 Å². The van der Waals surface area contributed by atoms with Gasteiger partial charge < -0.3 is 16.0 Å². The summed E-state index contributed by atoms with van der Waals surface area (Å²) in [5.74, 6) is -0.286. The molecule has 1 fully saturated rings. The lowest BCUT2D eigenvalue weighted by Gasteiger charge is -2.24. The Labute approximate surface area is 131 Å². The first kappa shape index (κ1) is 15.1. The van der Waals surface area contributed by atoms with Crippen LogP contribution in [0.15, 0.2) is 24.4 Å². The molecule has 3 rings (SSSR count). The summed E-state index contributed by atoms with van der Waals surface area (Å²) in [6.07, 6.45) is 9.95. The van der Waals surface area contributed by atoms with Crippen LogP contribution in [0.4, 0.5) is 0 Å². The summed E-state index contributed by atoms with van der Waals surface area (Å²) in [5.41, 5.74) is 14.6. The van der Waals surface area contributed by atoms with E-state index in [1.54, 1.807) is 0 Å². The Morgan fingerprint density at radius 1 is 1.23 bits per heavy atom. The second-order valence-electron chi connectivity index (χ2n) is 6.39. The van der Waals surface area contributed by atoms with Crippen molar-refractivity contribution in [2.75, 3.05) is 6.54 Å². The molecule has 0 radical (unpaired) electrons. The Bertz CT molecular complexity index is 668. The number of nitrogens with two attached hydrogens (primary N) is 2. The van der Waals surface area contributed by atoms with Gasteiger partial charge in [0.05, 0.1) is 6.42 Å². The molecule has 1 aliphatic rings. The highest BCUT2D eigenvalue weighted by atomic mass is 16.1. The van der Waals surface area contributed by atoms with Crippen molar-refractivity contribution in [2.24, 2.45) is 11.5 Å². The largest absolute Gasteiger partial charge is 0.369 e. The molecule has 4 N–H and O–H groups in total. The molecule has 22 heavy (non-hydrogen) atoms. The maximum absolute atomic E-state index is 11.2. The van der Waals surface area contributed by atoms with Crippen LogP contribution in [0.2, 0.25) is 0 Å². The minimum atomic E-state index is -0.286. The van der Waals surface area contributed by atoms with Crippen LogP contribution in [-0.2, 0) is 17.6 Å². The molecular weight excluding hydrogens is 274 g/mol. The molecule has 4 heteroatoms. The third-order valence-electron chi connectivity index (χ3n) is 4.74. The highest BCUT2D eigenvalue weighted by Gasteiger charge is 2.19. The molecule has 2 aromatic rings. The van der Waals surface area contributed by atoms with Crippen molar-refractivity contribution >= 4 is 16.8 Å². The van der Waals surface area contributed by atoms with Gasteiger partial charge in [0.15, 0.2) is 0 Å². The molecule has 1 amide bonds. The first-order valence-electron chi connectivity index (χ1n) is 8.29. The molecule has 0 aliphatic heterocycles. The van der Waals surface area contributed by atoms with E-state index < -0.39 is 0 Å². The van der Waals surface area contributed by atoms with Gasteiger partial charge in [-0.2, -0.15) is 0 Å². The van der Waals surface area contributed by atoms with E-state index in [2.05, 4.69) is 22.9 Å². The van der Waals surface area contributed by atoms with Gasteiger partial charge in [-0.3, -0.25) is 4.79 Å². The van der Waals surface area contributed by atoms with Crippen molar-refractivity contribution in [2.45, 2.75) is 51.0 Å². The maximum Gasteiger partial charge on any atom is 0.221 e. The maximum atomic E-state index is 11.2. The smallest absolute Gasteiger partial charge is 0.221 e. The van der Waals surface area contributed by atoms with Crippen LogP contribution >= 0.6 is 0 Å². The van der Waals surface area contributed by atoms with Crippen molar-refractivity contribution in [3.63, 3.8) is 0 Å². The Morgan fingerprint density at radius 3 is 2.68 bits per heavy atom. The van der Waals surface area contributed by atoms with Crippen LogP contribution in [0.5, 0.6) is 0 Å². The minimum absolute atomic E-state index is 0.286. The second kappa shape index (κ2) is 6.53. The number of rotatable bonds is 5. The Balaban J connectivity index is 2.03. The lowest BCUT2D eigenvalue weighted by atomic mass is 9.95. The second-order valence-corrected chi connectivity index (χ2v) is 6.39. The third-order valence-corrected chi connectivity index (χ3v) is 4.74. The Kier molecular flexibility index (Phi) is 4.48. The monoisotopic (exact) mass is 299 g/mol. The van der Waals surface area contributed by atoms with Crippen LogP contribution in [0, 0.1) is 0 Å². The fourth-order valence-corrected chi connectivity index (χ4v) is 3.70. The van der Waals surface area contributed by atoms with Gasteiger partial charge in [0, 0.05) is 23.1 Å². The van der Waals surface area contributed by atoms with E-state index in [9.17, 15) is 4.79 Å². The molecule has 1 aromatic heterocycles. The zero-order valence-electron chi connectivity index (χ0n) is 13.1. The molecule has 0 spiro atoms. The Hall–Kier alpha value is -1.81. The molecule has 0 unspecified atom stereocenters. The Morgan fingerprint density at radius 2 is 2.00 bits per heavy atom. The van der Waals surface area contributed by atoms with Crippen molar-refractivity contribution < 1.29 is 4.79 Å². The number of aromatic nitrogens is 1. The zero-order valence-corrected chi connectivity index (χ0v) is 13.1. The molecule has 1 aliphatic carbocycles. The van der Waals surface area contributed by atoms with Crippen LogP contribution in [0.1, 0.15) is 49.3 Å². The van der Waals surface area contributed by atoms with Gasteiger partial charge in [-0.05, 0) is 49.1 Å². The minimum Gasteiger partial charge on any atom is -0.369 e. The number of primary amides is 1. The van der Waals surface area contributed by atoms with E-state index in [1.165, 1.54) is 48.6 Å². The topological polar surface area (TPSA) is 74.0 Å². The summed E-state index contributed by atoms with van der Waals surface area (Å²) in [6, 6.07) is 6.88. The lowest BCUT2D eigenvalue weighted by Crippen LogP contribution is -2.13. The molecule has 4 nitrogen and oxygen atoms in total. The van der Waals surface area contributed by atoms with E-state index in [1.807, 2.05) is 6.07 Å². The molecule has 118 valence electrons. The first-order valence-corrected chi connectivity index (χ1v) is 8.29. The molecule has 0 bridgehead atoms. The van der Waals surface area contributed by atoms with Gasteiger partial charge in [-0.15, -0.1) is 0 Å². The van der Waals surface area contributed by atoms with Crippen molar-refractivity contribution in [1.29, 1.82) is 0 Å². The van der Waals surface area contributed by atoms with E-state index in [0.29, 0.717) is 19.0 Å². The third kappa shape index (κ3) is 3.02. The predicted octanol–water partition coefficient (Wildman–Crippen LogP) is 2.68. The lowest BCUT2D eigenvalue weighted by molar-refractivity contribution is -0.117. The van der Waals surface area contributed by atoms with Gasteiger partial charge in [0.25, 0.3) is 0 Å². The molecular formula is C18H25N3O. The van der Waals surface area contributed by atoms with Crippen LogP contribution < -0.4 is 11.5 Å². The quantitative estimate of drug-likeness (QED) is 0.890. The van der Waals surface area contributed by atoms with Crippen LogP contribution in [-0.4, -0.2) is 17.0 Å². The van der Waals surface area contributed by atoms with Crippen LogP contribution in [0.25, 0.3) is 10.9 Å². The first-order chi connectivity index (χ1) is 10.7. The van der Waals surface area contributed by atoms with E-state index in [0.717, 1.165) is 12.0 Å². The van der Waals surface area contributed by atoms with E-state index in [-0.39, 0.29) is 5.91 Å². The fraction of sp³-hybridized carbons (Fsp3) is 0.500. The zero-order chi connectivity index (χ0) is 15.5. The summed E-state index contributed by atoms with van der Waals surface area (Å²) in [4.78, 5) is 11.2. The van der Waals surface area contributed by atoms with Crippen molar-refractivity contribution in [3.05, 3.63) is 35.5 Å². The molecule has 1 saturated carbocycles. The molecule has 0 saturated heterocycles. The summed E-state index contributed by atoms with van der Waals surface area (Å²) in [5, 5.41) is 1.23. The number of carbonyl (C=O) groups is 1. The van der Waals surface area contributed by atoms with Crippen molar-refractivity contribution in [1.82, 2.24) is 4.57 Å². The SMILES string of the molecule is NCCc1cn(C2CCCCC2)c2ccc(CC(N)=O)cc12. The van der Waals surface area contributed by atoms with Gasteiger partial charge in [0.1, 0.15) is 0 Å². The standard InChI is InChI=1S/C18H25N3O/c19-9-8-14-12-21(15-4-2-1-3-5-15)17-7-6-13(10-16(14)17)11-18(20)22/h6-7,10,12,15H,1-5,8-9,11,19H2,(H2,20,22). The van der Waals surface area contributed by atoms with E-state index >= 15 is 0 Å². The number of amides is 1. The highest BCUT2D eigenvalue weighted by Crippen LogP contribution is 2.33. The number of nitrogens with zero attached hydrogens (tertiary/aromatic N) is 1. The number of carbonyl (C=O) groups excluding carboxylic acids is 1. The summed E-state index contributed by atoms with van der Waals surface area (Å²) in [7, 11) is 0. The number of benzene rings is 1. The predicted molar refractivity (Wildman–Crippen MR) is 89.7 cm³/mol. The normalized spacial score (nSPS) is 16.2. The average molecular weight is 299 g/mol. The summed E-state index contributed by atoms with van der Waals surface area (Å²) in [6.45, 7) is 0.643. The van der Waals surface area contributed by atoms with Gasteiger partial charge in [-0.25, -0.2) is 0 Å². The summed E-state index contributed by atoms with van der Waals surface area (Å²) >= 11 is 0. The van der Waals surface area contributed by atoms with Crippen molar-refractivity contribution in [3.8, 4) is 0 Å². The summed E-state index contributed by atoms with van der Waals surface area (Å²) < 4.78 is 2.44. The number of fused-ring (bicyclic) bond motifs is 1. The van der Waals surface area contributed by atoms with E-state index in [4.69, 9.17) is 11.5 Å². The average Bonchev–Trinajstić information content (AvgIpc) is 2.86. The van der Waals surface area contributed by atoms with Gasteiger partial charge >= 0.3 is 0 Å². The number of hydrogen-bond acceptors (Lipinski definition) is 2. The van der Waals surface area contributed by atoms with Gasteiger partial charge in [0.2, 0.25) is 5.91 Å². The molecule has 1 heterocycles. The molecule has 1 aromatic carbocycles.